The smallest absolute Gasteiger partial charge is 0.276 e. The Labute approximate surface area is 191 Å². The summed E-state index contributed by atoms with van der Waals surface area (Å²) in [7, 11) is -4.12. The lowest BCUT2D eigenvalue weighted by molar-refractivity contribution is -0.133. The third-order valence-corrected chi connectivity index (χ3v) is 7.75. The number of hydrogen-bond acceptors (Lipinski definition) is 5. The number of sulfonamides is 1. The predicted molar refractivity (Wildman–Crippen MR) is 122 cm³/mol. The zero-order valence-electron chi connectivity index (χ0n) is 18.2. The van der Waals surface area contributed by atoms with Crippen LogP contribution >= 0.6 is 0 Å². The normalized spacial score (nSPS) is 16.4. The number of benzene rings is 2. The summed E-state index contributed by atoms with van der Waals surface area (Å²) in [6, 6.07) is 13.8. The SMILES string of the molecule is CCCCc1ccc(S(=O)(=O)N2CCc3[nH]n(-c4ccccc4)c(=O)c3C2C(=O)NO)cc1. The number of carbonyl (C=O) groups is 1. The van der Waals surface area contributed by atoms with E-state index in [0.717, 1.165) is 29.1 Å². The molecule has 2 aromatic carbocycles. The Morgan fingerprint density at radius 2 is 1.85 bits per heavy atom. The molecule has 1 amide bonds. The molecule has 9 nitrogen and oxygen atoms in total. The Morgan fingerprint density at radius 1 is 1.15 bits per heavy atom. The van der Waals surface area contributed by atoms with Crippen molar-refractivity contribution in [2.75, 3.05) is 6.54 Å². The van der Waals surface area contributed by atoms with Crippen molar-refractivity contribution in [3.05, 3.63) is 81.8 Å². The Morgan fingerprint density at radius 3 is 2.48 bits per heavy atom. The molecule has 0 bridgehead atoms. The molecule has 1 unspecified atom stereocenters. The molecule has 0 radical (unpaired) electrons. The lowest BCUT2D eigenvalue weighted by Crippen LogP contribution is -2.48. The van der Waals surface area contributed by atoms with E-state index in [1.807, 2.05) is 0 Å². The molecule has 1 aliphatic heterocycles. The fraction of sp³-hybridized carbons (Fsp3) is 0.304. The van der Waals surface area contributed by atoms with Gasteiger partial charge in [-0.25, -0.2) is 18.6 Å². The zero-order chi connectivity index (χ0) is 23.6. The standard InChI is InChI=1S/C23H26N4O5S/c1-2-3-7-16-10-12-18(13-11-16)33(31,32)26-15-14-19-20(21(26)22(28)25-30)23(29)27(24-19)17-8-5-4-6-9-17/h4-6,8-13,21,24,30H,2-3,7,14-15H2,1H3,(H,25,28). The topological polar surface area (TPSA) is 125 Å². The van der Waals surface area contributed by atoms with Gasteiger partial charge in [-0.05, 0) is 42.7 Å². The molecule has 3 aromatic rings. The van der Waals surface area contributed by atoms with Crippen molar-refractivity contribution >= 4 is 15.9 Å². The first-order chi connectivity index (χ1) is 15.9. The van der Waals surface area contributed by atoms with E-state index in [-0.39, 0.29) is 23.4 Å². The van der Waals surface area contributed by atoms with Crippen molar-refractivity contribution in [2.45, 2.75) is 43.5 Å². The van der Waals surface area contributed by atoms with Crippen molar-refractivity contribution in [1.82, 2.24) is 19.6 Å². The number of fused-ring (bicyclic) bond motifs is 1. The highest BCUT2D eigenvalue weighted by molar-refractivity contribution is 7.89. The molecule has 1 aliphatic rings. The fourth-order valence-electron chi connectivity index (χ4n) is 4.15. The predicted octanol–water partition coefficient (Wildman–Crippen LogP) is 2.30. The molecule has 0 aliphatic carbocycles. The number of aromatic amines is 1. The van der Waals surface area contributed by atoms with E-state index in [2.05, 4.69) is 12.0 Å². The van der Waals surface area contributed by atoms with Gasteiger partial charge in [0.2, 0.25) is 10.0 Å². The second kappa shape index (κ2) is 9.34. The third-order valence-electron chi connectivity index (χ3n) is 5.87. The molecular weight excluding hydrogens is 444 g/mol. The number of carbonyl (C=O) groups excluding carboxylic acids is 1. The maximum atomic E-state index is 13.5. The Balaban J connectivity index is 1.76. The van der Waals surface area contributed by atoms with E-state index in [1.54, 1.807) is 42.5 Å². The zero-order valence-corrected chi connectivity index (χ0v) is 19.0. The second-order valence-electron chi connectivity index (χ2n) is 7.97. The number of hydroxylamine groups is 1. The van der Waals surface area contributed by atoms with Gasteiger partial charge in [-0.1, -0.05) is 43.7 Å². The van der Waals surface area contributed by atoms with E-state index in [4.69, 9.17) is 0 Å². The van der Waals surface area contributed by atoms with Crippen LogP contribution in [0.15, 0.2) is 64.3 Å². The summed E-state index contributed by atoms with van der Waals surface area (Å²) in [5, 5.41) is 12.3. The number of para-hydroxylation sites is 1. The van der Waals surface area contributed by atoms with Crippen LogP contribution in [0.25, 0.3) is 5.69 Å². The summed E-state index contributed by atoms with van der Waals surface area (Å²) in [6.07, 6.45) is 3.10. The molecule has 0 saturated heterocycles. The number of hydrogen-bond donors (Lipinski definition) is 3. The molecule has 1 aromatic heterocycles. The molecule has 174 valence electrons. The average molecular weight is 471 g/mol. The molecule has 0 saturated carbocycles. The van der Waals surface area contributed by atoms with Gasteiger partial charge in [-0.15, -0.1) is 0 Å². The van der Waals surface area contributed by atoms with Crippen LogP contribution in [0.4, 0.5) is 0 Å². The van der Waals surface area contributed by atoms with Crippen molar-refractivity contribution in [3.63, 3.8) is 0 Å². The van der Waals surface area contributed by atoms with Crippen LogP contribution in [0.2, 0.25) is 0 Å². The monoisotopic (exact) mass is 470 g/mol. The van der Waals surface area contributed by atoms with Crippen LogP contribution in [0.1, 0.15) is 42.6 Å². The Kier molecular flexibility index (Phi) is 6.50. The number of nitrogens with zero attached hydrogens (tertiary/aromatic N) is 2. The minimum atomic E-state index is -4.12. The van der Waals surface area contributed by atoms with Crippen LogP contribution < -0.4 is 11.0 Å². The third kappa shape index (κ3) is 4.24. The number of rotatable bonds is 7. The molecule has 10 heteroatoms. The number of aryl methyl sites for hydroxylation is 1. The quantitative estimate of drug-likeness (QED) is 0.361. The minimum absolute atomic E-state index is 0.000191. The van der Waals surface area contributed by atoms with E-state index in [9.17, 15) is 23.2 Å². The highest BCUT2D eigenvalue weighted by atomic mass is 32.2. The van der Waals surface area contributed by atoms with Gasteiger partial charge in [0.25, 0.3) is 11.5 Å². The van der Waals surface area contributed by atoms with Crippen molar-refractivity contribution in [1.29, 1.82) is 0 Å². The Bertz CT molecular complexity index is 1300. The number of nitrogens with one attached hydrogen (secondary N) is 2. The summed E-state index contributed by atoms with van der Waals surface area (Å²) in [5.41, 5.74) is 3.02. The van der Waals surface area contributed by atoms with Crippen LogP contribution in [-0.4, -0.2) is 40.2 Å². The van der Waals surface area contributed by atoms with Crippen molar-refractivity contribution < 1.29 is 18.4 Å². The highest BCUT2D eigenvalue weighted by Gasteiger charge is 2.43. The van der Waals surface area contributed by atoms with E-state index in [1.165, 1.54) is 22.3 Å². The summed E-state index contributed by atoms with van der Waals surface area (Å²) < 4.78 is 29.2. The maximum absolute atomic E-state index is 13.5. The van der Waals surface area contributed by atoms with Gasteiger partial charge in [-0.2, -0.15) is 4.31 Å². The summed E-state index contributed by atoms with van der Waals surface area (Å²) in [6.45, 7) is 2.06. The van der Waals surface area contributed by atoms with Gasteiger partial charge in [0.05, 0.1) is 16.1 Å². The maximum Gasteiger partial charge on any atom is 0.276 e. The van der Waals surface area contributed by atoms with Gasteiger partial charge >= 0.3 is 0 Å². The van der Waals surface area contributed by atoms with E-state index >= 15 is 0 Å². The molecule has 1 atom stereocenters. The summed E-state index contributed by atoms with van der Waals surface area (Å²) in [4.78, 5) is 25.9. The van der Waals surface area contributed by atoms with Gasteiger partial charge < -0.3 is 0 Å². The first-order valence-electron chi connectivity index (χ1n) is 10.8. The van der Waals surface area contributed by atoms with Gasteiger partial charge in [0.1, 0.15) is 6.04 Å². The van der Waals surface area contributed by atoms with Crippen LogP contribution in [0, 0.1) is 0 Å². The summed E-state index contributed by atoms with van der Waals surface area (Å²) in [5.74, 6) is -0.990. The number of aromatic nitrogens is 2. The van der Waals surface area contributed by atoms with Gasteiger partial charge in [0, 0.05) is 18.7 Å². The molecule has 0 fully saturated rings. The number of H-pyrrole nitrogens is 1. The second-order valence-corrected chi connectivity index (χ2v) is 9.86. The van der Waals surface area contributed by atoms with Crippen molar-refractivity contribution in [2.24, 2.45) is 0 Å². The molecular formula is C23H26N4O5S. The molecule has 2 heterocycles. The van der Waals surface area contributed by atoms with E-state index < -0.39 is 27.5 Å². The highest BCUT2D eigenvalue weighted by Crippen LogP contribution is 2.32. The van der Waals surface area contributed by atoms with Crippen LogP contribution in [0.5, 0.6) is 0 Å². The molecule has 0 spiro atoms. The lowest BCUT2D eigenvalue weighted by Gasteiger charge is -2.32. The van der Waals surface area contributed by atoms with Crippen LogP contribution in [0.3, 0.4) is 0 Å². The number of amides is 1. The van der Waals surface area contributed by atoms with Crippen molar-refractivity contribution in [3.8, 4) is 5.69 Å². The van der Waals surface area contributed by atoms with Crippen LogP contribution in [-0.2, 0) is 27.7 Å². The largest absolute Gasteiger partial charge is 0.295 e. The minimum Gasteiger partial charge on any atom is -0.295 e. The molecule has 4 rings (SSSR count). The average Bonchev–Trinajstić information content (AvgIpc) is 3.19. The fourth-order valence-corrected chi connectivity index (χ4v) is 5.71. The Hall–Kier alpha value is -3.21. The number of unbranched alkanes of at least 4 members (excludes halogenated alkanes) is 1. The first kappa shape index (κ1) is 23.0. The lowest BCUT2D eigenvalue weighted by atomic mass is 10.0. The first-order valence-corrected chi connectivity index (χ1v) is 12.3. The van der Waals surface area contributed by atoms with Gasteiger partial charge in [-0.3, -0.25) is 19.9 Å². The van der Waals surface area contributed by atoms with Gasteiger partial charge in [0.15, 0.2) is 0 Å². The molecule has 3 N–H and O–H groups in total. The molecule has 33 heavy (non-hydrogen) atoms. The summed E-state index contributed by atoms with van der Waals surface area (Å²) >= 11 is 0. The van der Waals surface area contributed by atoms with E-state index in [0.29, 0.717) is 11.4 Å².